The van der Waals surface area contributed by atoms with Crippen molar-refractivity contribution in [3.05, 3.63) is 24.3 Å². The van der Waals surface area contributed by atoms with Gasteiger partial charge in [-0.05, 0) is 0 Å². The molecule has 14 heteroatoms. The first kappa shape index (κ1) is 30.2. The summed E-state index contributed by atoms with van der Waals surface area (Å²) >= 11 is 0. The van der Waals surface area contributed by atoms with Crippen molar-refractivity contribution >= 4 is 11.9 Å². The molecule has 36 heavy (non-hydrogen) atoms. The van der Waals surface area contributed by atoms with E-state index in [-0.39, 0.29) is 43.8 Å². The van der Waals surface area contributed by atoms with E-state index in [1.807, 2.05) is 0 Å². The molecule has 4 unspecified atom stereocenters. The monoisotopic (exact) mass is 522 g/mol. The highest BCUT2D eigenvalue weighted by molar-refractivity contribution is 5.88. The van der Waals surface area contributed by atoms with E-state index in [2.05, 4.69) is 13.2 Å². The Labute approximate surface area is 206 Å². The number of esters is 2. The Hall–Kier alpha value is -1.98. The molecular weight excluding hydrogens is 488 g/mol. The standard InChI is InChI=1S/C22H34O14/c1-10(3-5-23)20(30)34-8-13-16(26)17(27)14(9-33-13)35-21(31)11(2)4-6-32-22-19(29)18(28)15(25)12(7-24)36-22/h12-19,22-29H,1-9H2/t12-,13?,14?,15-,16?,17?,18+,19-,22-/m1/s1. The zero-order chi connectivity index (χ0) is 27.0. The van der Waals surface area contributed by atoms with Gasteiger partial charge in [0.2, 0.25) is 0 Å². The summed E-state index contributed by atoms with van der Waals surface area (Å²) in [6.45, 7) is 5.20. The fourth-order valence-electron chi connectivity index (χ4n) is 3.43. The molecule has 14 nitrogen and oxygen atoms in total. The molecule has 0 aromatic carbocycles. The molecule has 0 bridgehead atoms. The predicted molar refractivity (Wildman–Crippen MR) is 117 cm³/mol. The van der Waals surface area contributed by atoms with Crippen molar-refractivity contribution in [3.63, 3.8) is 0 Å². The van der Waals surface area contributed by atoms with Crippen molar-refractivity contribution in [2.75, 3.05) is 33.0 Å². The lowest BCUT2D eigenvalue weighted by atomic mass is 9.99. The molecule has 0 saturated carbocycles. The topological polar surface area (TPSA) is 222 Å². The molecule has 0 aromatic heterocycles. The fraction of sp³-hybridized carbons (Fsp3) is 0.727. The Morgan fingerprint density at radius 1 is 0.833 bits per heavy atom. The molecule has 0 amide bonds. The summed E-state index contributed by atoms with van der Waals surface area (Å²) in [5.74, 6) is -1.71. The van der Waals surface area contributed by atoms with Crippen LogP contribution in [0.25, 0.3) is 0 Å². The molecule has 2 heterocycles. The van der Waals surface area contributed by atoms with E-state index in [1.165, 1.54) is 0 Å². The number of hydrogen-bond donors (Lipinski definition) is 7. The van der Waals surface area contributed by atoms with Gasteiger partial charge in [0.15, 0.2) is 12.4 Å². The van der Waals surface area contributed by atoms with E-state index in [1.54, 1.807) is 0 Å². The number of aliphatic hydroxyl groups excluding tert-OH is 7. The molecule has 9 atom stereocenters. The maximum atomic E-state index is 12.3. The number of hydrogen-bond acceptors (Lipinski definition) is 14. The van der Waals surface area contributed by atoms with Crippen molar-refractivity contribution in [2.24, 2.45) is 0 Å². The molecule has 2 saturated heterocycles. The normalized spacial score (nSPS) is 34.6. The highest BCUT2D eigenvalue weighted by Crippen LogP contribution is 2.23. The van der Waals surface area contributed by atoms with E-state index in [4.69, 9.17) is 28.8 Å². The number of ether oxygens (including phenoxy) is 5. The second kappa shape index (κ2) is 14.1. The third kappa shape index (κ3) is 7.76. The summed E-state index contributed by atoms with van der Waals surface area (Å²) in [7, 11) is 0. The summed E-state index contributed by atoms with van der Waals surface area (Å²) in [6, 6.07) is 0. The van der Waals surface area contributed by atoms with Crippen LogP contribution in [0.1, 0.15) is 12.8 Å². The van der Waals surface area contributed by atoms with Gasteiger partial charge in [0.05, 0.1) is 19.8 Å². The van der Waals surface area contributed by atoms with Gasteiger partial charge in [-0.2, -0.15) is 0 Å². The molecule has 2 fully saturated rings. The minimum Gasteiger partial charge on any atom is -0.459 e. The molecule has 2 aliphatic heterocycles. The zero-order valence-electron chi connectivity index (χ0n) is 19.5. The quantitative estimate of drug-likeness (QED) is 0.0967. The molecule has 0 spiro atoms. The first-order valence-electron chi connectivity index (χ1n) is 11.3. The summed E-state index contributed by atoms with van der Waals surface area (Å²) < 4.78 is 25.9. The van der Waals surface area contributed by atoms with E-state index in [0.29, 0.717) is 0 Å². The Kier molecular flexibility index (Phi) is 11.8. The molecule has 2 rings (SSSR count). The van der Waals surface area contributed by atoms with E-state index >= 15 is 0 Å². The summed E-state index contributed by atoms with van der Waals surface area (Å²) in [5, 5.41) is 68.0. The van der Waals surface area contributed by atoms with Crippen LogP contribution in [-0.4, -0.2) is 136 Å². The summed E-state index contributed by atoms with van der Waals surface area (Å²) in [6.07, 6.45) is -12.8. The van der Waals surface area contributed by atoms with Gasteiger partial charge in [0.1, 0.15) is 49.3 Å². The lowest BCUT2D eigenvalue weighted by Gasteiger charge is -2.39. The number of rotatable bonds is 12. The molecular formula is C22H34O14. The van der Waals surface area contributed by atoms with Crippen LogP contribution >= 0.6 is 0 Å². The van der Waals surface area contributed by atoms with Crippen LogP contribution in [-0.2, 0) is 33.3 Å². The summed E-state index contributed by atoms with van der Waals surface area (Å²) in [4.78, 5) is 24.1. The highest BCUT2D eigenvalue weighted by Gasteiger charge is 2.44. The van der Waals surface area contributed by atoms with Crippen LogP contribution in [0.4, 0.5) is 0 Å². The van der Waals surface area contributed by atoms with Gasteiger partial charge in [-0.3, -0.25) is 0 Å². The van der Waals surface area contributed by atoms with Crippen LogP contribution in [0.3, 0.4) is 0 Å². The Bertz CT molecular complexity index is 770. The maximum Gasteiger partial charge on any atom is 0.333 e. The number of carbonyl (C=O) groups is 2. The highest BCUT2D eigenvalue weighted by atomic mass is 16.7. The molecule has 2 aliphatic rings. The second-order valence-electron chi connectivity index (χ2n) is 8.39. The van der Waals surface area contributed by atoms with Crippen LogP contribution in [0.2, 0.25) is 0 Å². The van der Waals surface area contributed by atoms with Crippen LogP contribution < -0.4 is 0 Å². The van der Waals surface area contributed by atoms with Gasteiger partial charge in [0, 0.05) is 30.6 Å². The molecule has 7 N–H and O–H groups in total. The summed E-state index contributed by atoms with van der Waals surface area (Å²) in [5.41, 5.74) is -0.0519. The lowest BCUT2D eigenvalue weighted by Crippen LogP contribution is -2.59. The molecule has 0 aromatic rings. The largest absolute Gasteiger partial charge is 0.459 e. The minimum absolute atomic E-state index is 0.0189. The predicted octanol–water partition coefficient (Wildman–Crippen LogP) is -3.74. The molecule has 0 aliphatic carbocycles. The van der Waals surface area contributed by atoms with Crippen LogP contribution in [0.5, 0.6) is 0 Å². The van der Waals surface area contributed by atoms with Gasteiger partial charge in [-0.15, -0.1) is 0 Å². The third-order valence-electron chi connectivity index (χ3n) is 5.75. The van der Waals surface area contributed by atoms with Crippen molar-refractivity contribution in [1.82, 2.24) is 0 Å². The Morgan fingerprint density at radius 3 is 2.11 bits per heavy atom. The number of carbonyl (C=O) groups excluding carboxylic acids is 2. The average Bonchev–Trinajstić information content (AvgIpc) is 2.86. The van der Waals surface area contributed by atoms with E-state index in [0.717, 1.165) is 0 Å². The van der Waals surface area contributed by atoms with Crippen molar-refractivity contribution in [3.8, 4) is 0 Å². The Balaban J connectivity index is 1.76. The smallest absolute Gasteiger partial charge is 0.333 e. The van der Waals surface area contributed by atoms with Crippen molar-refractivity contribution in [2.45, 2.75) is 68.0 Å². The first-order valence-corrected chi connectivity index (χ1v) is 11.3. The van der Waals surface area contributed by atoms with Gasteiger partial charge in [-0.25, -0.2) is 9.59 Å². The number of aliphatic hydroxyl groups is 7. The Morgan fingerprint density at radius 2 is 1.47 bits per heavy atom. The third-order valence-corrected chi connectivity index (χ3v) is 5.75. The zero-order valence-corrected chi connectivity index (χ0v) is 19.5. The van der Waals surface area contributed by atoms with Crippen LogP contribution in [0.15, 0.2) is 24.3 Å². The van der Waals surface area contributed by atoms with Gasteiger partial charge in [0.25, 0.3) is 0 Å². The maximum absolute atomic E-state index is 12.3. The van der Waals surface area contributed by atoms with Crippen molar-refractivity contribution in [1.29, 1.82) is 0 Å². The molecule has 0 radical (unpaired) electrons. The second-order valence-corrected chi connectivity index (χ2v) is 8.39. The lowest BCUT2D eigenvalue weighted by molar-refractivity contribution is -0.300. The van der Waals surface area contributed by atoms with Crippen molar-refractivity contribution < 1.29 is 69.0 Å². The van der Waals surface area contributed by atoms with Gasteiger partial charge < -0.3 is 59.4 Å². The van der Waals surface area contributed by atoms with E-state index in [9.17, 15) is 40.2 Å². The first-order chi connectivity index (χ1) is 17.0. The SMILES string of the molecule is C=C(CCO)C(=O)OCC1OCC(OC(=O)C(=C)CCO[C@@H]2O[C@H](CO)[C@@H](O)[C@H](O)[C@H]2O)C(O)C1O. The van der Waals surface area contributed by atoms with Gasteiger partial charge >= 0.3 is 11.9 Å². The average molecular weight is 523 g/mol. The van der Waals surface area contributed by atoms with Gasteiger partial charge in [-0.1, -0.05) is 13.2 Å². The minimum atomic E-state index is -1.61. The molecule has 206 valence electrons. The van der Waals surface area contributed by atoms with E-state index < -0.39 is 80.3 Å². The fourth-order valence-corrected chi connectivity index (χ4v) is 3.43. The van der Waals surface area contributed by atoms with Crippen LogP contribution in [0, 0.1) is 0 Å².